The van der Waals surface area contributed by atoms with E-state index in [4.69, 9.17) is 0 Å². The third-order valence-corrected chi connectivity index (χ3v) is 4.40. The van der Waals surface area contributed by atoms with Crippen molar-refractivity contribution in [1.82, 2.24) is 4.98 Å². The first-order valence-corrected chi connectivity index (χ1v) is 8.56. The Kier molecular flexibility index (Phi) is 4.90. The van der Waals surface area contributed by atoms with Gasteiger partial charge in [-0.1, -0.05) is 36.4 Å². The highest BCUT2D eigenvalue weighted by Crippen LogP contribution is 2.30. The maximum Gasteiger partial charge on any atom is 0.257 e. The average Bonchev–Trinajstić information content (AvgIpc) is 2.95. The van der Waals surface area contributed by atoms with Crippen LogP contribution in [-0.2, 0) is 4.79 Å². The molecule has 0 bridgehead atoms. The Hall–Kier alpha value is -2.99. The minimum absolute atomic E-state index is 0.180. The van der Waals surface area contributed by atoms with E-state index < -0.39 is 0 Å². The van der Waals surface area contributed by atoms with Crippen LogP contribution < -0.4 is 10.6 Å². The molecule has 126 valence electrons. The van der Waals surface area contributed by atoms with E-state index in [0.717, 1.165) is 16.1 Å². The molecule has 3 rings (SSSR count). The van der Waals surface area contributed by atoms with Crippen LogP contribution in [0.4, 0.5) is 10.8 Å². The van der Waals surface area contributed by atoms with Gasteiger partial charge in [0.05, 0.1) is 5.69 Å². The van der Waals surface area contributed by atoms with Gasteiger partial charge in [-0.15, -0.1) is 11.3 Å². The van der Waals surface area contributed by atoms with Gasteiger partial charge < -0.3 is 5.32 Å². The zero-order valence-corrected chi connectivity index (χ0v) is 14.7. The summed E-state index contributed by atoms with van der Waals surface area (Å²) in [6.07, 6.45) is 0. The molecule has 0 fully saturated rings. The van der Waals surface area contributed by atoms with Gasteiger partial charge >= 0.3 is 0 Å². The van der Waals surface area contributed by atoms with E-state index in [-0.39, 0.29) is 11.8 Å². The number of amides is 2. The number of anilines is 2. The van der Waals surface area contributed by atoms with Gasteiger partial charge in [-0.3, -0.25) is 14.9 Å². The molecule has 0 unspecified atom stereocenters. The highest BCUT2D eigenvalue weighted by molar-refractivity contribution is 7.16. The summed E-state index contributed by atoms with van der Waals surface area (Å²) in [5.41, 5.74) is 2.93. The van der Waals surface area contributed by atoms with Crippen molar-refractivity contribution < 1.29 is 9.59 Å². The van der Waals surface area contributed by atoms with E-state index in [1.165, 1.54) is 18.3 Å². The van der Waals surface area contributed by atoms with Gasteiger partial charge in [-0.2, -0.15) is 0 Å². The van der Waals surface area contributed by atoms with Crippen LogP contribution in [0.25, 0.3) is 11.3 Å². The average molecular weight is 351 g/mol. The van der Waals surface area contributed by atoms with E-state index >= 15 is 0 Å². The Bertz CT molecular complexity index is 919. The second-order valence-electron chi connectivity index (χ2n) is 5.51. The molecule has 0 saturated heterocycles. The number of nitrogens with zero attached hydrogens (tertiary/aromatic N) is 1. The molecule has 0 atom stereocenters. The lowest BCUT2D eigenvalue weighted by Crippen LogP contribution is -2.13. The van der Waals surface area contributed by atoms with Crippen molar-refractivity contribution in [1.29, 1.82) is 0 Å². The third-order valence-electron chi connectivity index (χ3n) is 3.51. The first kappa shape index (κ1) is 16.9. The zero-order chi connectivity index (χ0) is 17.8. The zero-order valence-electron chi connectivity index (χ0n) is 13.9. The van der Waals surface area contributed by atoms with Gasteiger partial charge in [0.25, 0.3) is 5.91 Å². The van der Waals surface area contributed by atoms with Crippen molar-refractivity contribution in [3.05, 3.63) is 65.0 Å². The van der Waals surface area contributed by atoms with Gasteiger partial charge in [-0.05, 0) is 25.1 Å². The molecular weight excluding hydrogens is 334 g/mol. The number of carbonyl (C=O) groups excluding carboxylic acids is 2. The van der Waals surface area contributed by atoms with Crippen molar-refractivity contribution in [2.24, 2.45) is 0 Å². The second kappa shape index (κ2) is 7.27. The Morgan fingerprint density at radius 2 is 1.76 bits per heavy atom. The number of benzene rings is 2. The number of aryl methyl sites for hydroxylation is 1. The quantitative estimate of drug-likeness (QED) is 0.735. The maximum atomic E-state index is 12.5. The number of hydrogen-bond acceptors (Lipinski definition) is 4. The normalized spacial score (nSPS) is 10.3. The number of thiazole rings is 1. The van der Waals surface area contributed by atoms with E-state index in [0.29, 0.717) is 16.4 Å². The van der Waals surface area contributed by atoms with Gasteiger partial charge in [0.1, 0.15) is 0 Å². The van der Waals surface area contributed by atoms with E-state index in [1.807, 2.05) is 37.3 Å². The molecule has 0 aliphatic heterocycles. The summed E-state index contributed by atoms with van der Waals surface area (Å²) in [6, 6.07) is 16.6. The molecule has 6 heteroatoms. The second-order valence-corrected chi connectivity index (χ2v) is 6.71. The van der Waals surface area contributed by atoms with Gasteiger partial charge in [0, 0.05) is 28.6 Å². The predicted octanol–water partition coefficient (Wildman–Crippen LogP) is 4.33. The van der Waals surface area contributed by atoms with Crippen LogP contribution in [0.15, 0.2) is 54.6 Å². The fraction of sp³-hybridized carbons (Fsp3) is 0.105. The highest BCUT2D eigenvalue weighted by atomic mass is 32.1. The molecule has 2 amide bonds. The summed E-state index contributed by atoms with van der Waals surface area (Å²) in [5, 5.41) is 6.04. The van der Waals surface area contributed by atoms with E-state index in [9.17, 15) is 9.59 Å². The Labute approximate surface area is 149 Å². The first-order chi connectivity index (χ1) is 12.0. The lowest BCUT2D eigenvalue weighted by atomic mass is 10.1. The van der Waals surface area contributed by atoms with Crippen LogP contribution >= 0.6 is 11.3 Å². The molecule has 0 spiro atoms. The third kappa shape index (κ3) is 4.10. The van der Waals surface area contributed by atoms with Crippen LogP contribution in [0.3, 0.4) is 0 Å². The summed E-state index contributed by atoms with van der Waals surface area (Å²) in [5.74, 6) is -0.443. The Balaban J connectivity index is 1.79. The molecule has 0 radical (unpaired) electrons. The smallest absolute Gasteiger partial charge is 0.257 e. The van der Waals surface area contributed by atoms with Crippen LogP contribution in [-0.4, -0.2) is 16.8 Å². The standard InChI is InChI=1S/C19H17N3O2S/c1-12-17(14-7-4-3-5-8-14)21-19(25-12)22-18(24)15-9-6-10-16(11-15)20-13(2)23/h3-11H,1-2H3,(H,20,23)(H,21,22,24). The van der Waals surface area contributed by atoms with Crippen LogP contribution in [0.5, 0.6) is 0 Å². The molecule has 5 nitrogen and oxygen atoms in total. The van der Waals surface area contributed by atoms with Crippen molar-refractivity contribution in [3.63, 3.8) is 0 Å². The topological polar surface area (TPSA) is 71.1 Å². The summed E-state index contributed by atoms with van der Waals surface area (Å²) in [6.45, 7) is 3.41. The molecule has 1 heterocycles. The highest BCUT2D eigenvalue weighted by Gasteiger charge is 2.13. The largest absolute Gasteiger partial charge is 0.326 e. The summed E-state index contributed by atoms with van der Waals surface area (Å²) in [7, 11) is 0. The van der Waals surface area contributed by atoms with E-state index in [2.05, 4.69) is 15.6 Å². The molecule has 0 saturated carbocycles. The van der Waals surface area contributed by atoms with Crippen LogP contribution in [0.2, 0.25) is 0 Å². The molecule has 2 N–H and O–H groups in total. The summed E-state index contributed by atoms with van der Waals surface area (Å²) in [4.78, 5) is 29.2. The minimum atomic E-state index is -0.263. The van der Waals surface area contributed by atoms with E-state index in [1.54, 1.807) is 24.3 Å². The fourth-order valence-corrected chi connectivity index (χ4v) is 3.26. The first-order valence-electron chi connectivity index (χ1n) is 7.75. The molecule has 2 aromatic carbocycles. The minimum Gasteiger partial charge on any atom is -0.326 e. The van der Waals surface area contributed by atoms with Crippen LogP contribution in [0.1, 0.15) is 22.2 Å². The summed E-state index contributed by atoms with van der Waals surface area (Å²) >= 11 is 1.43. The number of aromatic nitrogens is 1. The van der Waals surface area contributed by atoms with Crippen molar-refractivity contribution in [2.75, 3.05) is 10.6 Å². The SMILES string of the molecule is CC(=O)Nc1cccc(C(=O)Nc2nc(-c3ccccc3)c(C)s2)c1. The van der Waals surface area contributed by atoms with Crippen molar-refractivity contribution >= 4 is 34.0 Å². The molecule has 3 aromatic rings. The molecule has 1 aromatic heterocycles. The number of nitrogens with one attached hydrogen (secondary N) is 2. The lowest BCUT2D eigenvalue weighted by Gasteiger charge is -2.05. The lowest BCUT2D eigenvalue weighted by molar-refractivity contribution is -0.114. The monoisotopic (exact) mass is 351 g/mol. The Morgan fingerprint density at radius 3 is 2.48 bits per heavy atom. The summed E-state index contributed by atoms with van der Waals surface area (Å²) < 4.78 is 0. The maximum absolute atomic E-state index is 12.5. The van der Waals surface area contributed by atoms with Gasteiger partial charge in [0.2, 0.25) is 5.91 Å². The van der Waals surface area contributed by atoms with Crippen molar-refractivity contribution in [3.8, 4) is 11.3 Å². The predicted molar refractivity (Wildman–Crippen MR) is 101 cm³/mol. The van der Waals surface area contributed by atoms with Gasteiger partial charge in [-0.25, -0.2) is 4.98 Å². The molecule has 0 aliphatic rings. The molecule has 25 heavy (non-hydrogen) atoms. The molecule has 0 aliphatic carbocycles. The van der Waals surface area contributed by atoms with Crippen LogP contribution in [0, 0.1) is 6.92 Å². The van der Waals surface area contributed by atoms with Crippen molar-refractivity contribution in [2.45, 2.75) is 13.8 Å². The molecular formula is C19H17N3O2S. The Morgan fingerprint density at radius 1 is 1.00 bits per heavy atom. The number of rotatable bonds is 4. The number of hydrogen-bond donors (Lipinski definition) is 2. The van der Waals surface area contributed by atoms with Gasteiger partial charge in [0.15, 0.2) is 5.13 Å². The number of carbonyl (C=O) groups is 2. The fourth-order valence-electron chi connectivity index (χ4n) is 2.42.